The summed E-state index contributed by atoms with van der Waals surface area (Å²) in [6, 6.07) is 0.623. The number of aliphatic hydroxyl groups is 1. The first kappa shape index (κ1) is 12.7. The molecule has 1 aliphatic carbocycles. The van der Waals surface area contributed by atoms with Crippen molar-refractivity contribution in [2.75, 3.05) is 18.1 Å². The molecule has 94 valence electrons. The molecule has 2 nitrogen and oxygen atoms in total. The molecule has 1 heterocycles. The zero-order chi connectivity index (χ0) is 11.6. The first-order chi connectivity index (χ1) is 7.61. The quantitative estimate of drug-likeness (QED) is 0.797. The van der Waals surface area contributed by atoms with Crippen LogP contribution in [0.2, 0.25) is 0 Å². The second kappa shape index (κ2) is 5.28. The van der Waals surface area contributed by atoms with Gasteiger partial charge in [-0.25, -0.2) is 0 Å². The van der Waals surface area contributed by atoms with Gasteiger partial charge in [0.25, 0.3) is 0 Å². The van der Waals surface area contributed by atoms with Gasteiger partial charge in [-0.2, -0.15) is 11.8 Å². The van der Waals surface area contributed by atoms with Crippen LogP contribution in [0.15, 0.2) is 0 Å². The second-order valence-corrected chi connectivity index (χ2v) is 6.89. The van der Waals surface area contributed by atoms with Gasteiger partial charge in [-0.3, -0.25) is 0 Å². The van der Waals surface area contributed by atoms with E-state index in [2.05, 4.69) is 19.2 Å². The van der Waals surface area contributed by atoms with Gasteiger partial charge >= 0.3 is 0 Å². The summed E-state index contributed by atoms with van der Waals surface area (Å²) in [6.45, 7) is 5.51. The Labute approximate surface area is 104 Å². The number of hydrogen-bond donors (Lipinski definition) is 2. The third kappa shape index (κ3) is 2.93. The van der Waals surface area contributed by atoms with Gasteiger partial charge < -0.3 is 10.4 Å². The standard InChI is InChI=1S/C13H25NOS/c1-10-4-3-5-12(11(10)2)14-8-13(15)6-7-16-9-13/h10-12,14-15H,3-9H2,1-2H3/t10-,11+,12+,13-/m1/s1. The van der Waals surface area contributed by atoms with Crippen LogP contribution in [0, 0.1) is 11.8 Å². The molecule has 0 bridgehead atoms. The first-order valence-electron chi connectivity index (χ1n) is 6.64. The van der Waals surface area contributed by atoms with Gasteiger partial charge in [0.15, 0.2) is 0 Å². The van der Waals surface area contributed by atoms with Crippen molar-refractivity contribution in [3.8, 4) is 0 Å². The molecule has 1 saturated heterocycles. The summed E-state index contributed by atoms with van der Waals surface area (Å²) < 4.78 is 0. The van der Waals surface area contributed by atoms with Crippen molar-refractivity contribution in [3.63, 3.8) is 0 Å². The topological polar surface area (TPSA) is 32.3 Å². The molecule has 0 aromatic rings. The van der Waals surface area contributed by atoms with Crippen molar-refractivity contribution in [3.05, 3.63) is 0 Å². The Morgan fingerprint density at radius 1 is 1.38 bits per heavy atom. The van der Waals surface area contributed by atoms with Crippen molar-refractivity contribution in [2.45, 2.75) is 51.2 Å². The zero-order valence-corrected chi connectivity index (χ0v) is 11.4. The maximum absolute atomic E-state index is 10.3. The van der Waals surface area contributed by atoms with Crippen LogP contribution in [-0.2, 0) is 0 Å². The zero-order valence-electron chi connectivity index (χ0n) is 10.5. The lowest BCUT2D eigenvalue weighted by Crippen LogP contribution is -2.48. The van der Waals surface area contributed by atoms with Crippen LogP contribution in [0.3, 0.4) is 0 Å². The highest BCUT2D eigenvalue weighted by Crippen LogP contribution is 2.31. The van der Waals surface area contributed by atoms with Gasteiger partial charge in [0.05, 0.1) is 5.60 Å². The van der Waals surface area contributed by atoms with Crippen LogP contribution in [0.1, 0.15) is 39.5 Å². The van der Waals surface area contributed by atoms with Crippen LogP contribution >= 0.6 is 11.8 Å². The molecular formula is C13H25NOS. The van der Waals surface area contributed by atoms with E-state index in [9.17, 15) is 5.11 Å². The van der Waals surface area contributed by atoms with Crippen LogP contribution < -0.4 is 5.32 Å². The molecule has 2 aliphatic rings. The lowest BCUT2D eigenvalue weighted by atomic mass is 9.78. The Kier molecular flexibility index (Phi) is 4.20. The fourth-order valence-electron chi connectivity index (χ4n) is 2.93. The molecule has 1 aliphatic heterocycles. The molecule has 0 amide bonds. The third-order valence-corrected chi connectivity index (χ3v) is 5.72. The highest BCUT2D eigenvalue weighted by molar-refractivity contribution is 7.99. The Bertz CT molecular complexity index is 228. The van der Waals surface area contributed by atoms with Gasteiger partial charge in [-0.1, -0.05) is 26.7 Å². The molecule has 2 N–H and O–H groups in total. The fourth-order valence-corrected chi connectivity index (χ4v) is 4.22. The molecule has 0 unspecified atom stereocenters. The highest BCUT2D eigenvalue weighted by atomic mass is 32.2. The molecule has 0 aromatic carbocycles. The van der Waals surface area contributed by atoms with Crippen molar-refractivity contribution in [1.82, 2.24) is 5.32 Å². The molecule has 1 saturated carbocycles. The summed E-state index contributed by atoms with van der Waals surface area (Å²) in [5.41, 5.74) is -0.426. The molecule has 16 heavy (non-hydrogen) atoms. The number of nitrogens with one attached hydrogen (secondary N) is 1. The van der Waals surface area contributed by atoms with Crippen LogP contribution in [0.25, 0.3) is 0 Å². The SMILES string of the molecule is C[C@H]1[C@H](C)CCC[C@@H]1NC[C@]1(O)CCSC1. The minimum absolute atomic E-state index is 0.426. The van der Waals surface area contributed by atoms with Crippen LogP contribution in [0.4, 0.5) is 0 Å². The minimum Gasteiger partial charge on any atom is -0.388 e. The van der Waals surface area contributed by atoms with Gasteiger partial charge in [0.2, 0.25) is 0 Å². The molecule has 2 rings (SSSR count). The van der Waals surface area contributed by atoms with Crippen molar-refractivity contribution in [1.29, 1.82) is 0 Å². The molecule has 3 heteroatoms. The molecule has 2 fully saturated rings. The molecule has 0 spiro atoms. The van der Waals surface area contributed by atoms with Crippen LogP contribution in [0.5, 0.6) is 0 Å². The summed E-state index contributed by atoms with van der Waals surface area (Å²) in [5.74, 6) is 3.62. The average molecular weight is 243 g/mol. The lowest BCUT2D eigenvalue weighted by molar-refractivity contribution is 0.0571. The Morgan fingerprint density at radius 2 is 2.19 bits per heavy atom. The second-order valence-electron chi connectivity index (χ2n) is 5.78. The predicted octanol–water partition coefficient (Wildman–Crippen LogP) is 2.27. The maximum atomic E-state index is 10.3. The number of hydrogen-bond acceptors (Lipinski definition) is 3. The minimum atomic E-state index is -0.426. The van der Waals surface area contributed by atoms with Crippen LogP contribution in [-0.4, -0.2) is 34.8 Å². The summed E-state index contributed by atoms with van der Waals surface area (Å²) in [4.78, 5) is 0. The molecule has 0 aromatic heterocycles. The van der Waals surface area contributed by atoms with Crippen molar-refractivity contribution < 1.29 is 5.11 Å². The van der Waals surface area contributed by atoms with E-state index in [0.29, 0.717) is 6.04 Å². The smallest absolute Gasteiger partial charge is 0.0869 e. The van der Waals surface area contributed by atoms with Crippen molar-refractivity contribution >= 4 is 11.8 Å². The first-order valence-corrected chi connectivity index (χ1v) is 7.80. The van der Waals surface area contributed by atoms with E-state index in [0.717, 1.165) is 36.3 Å². The summed E-state index contributed by atoms with van der Waals surface area (Å²) in [7, 11) is 0. The molecule has 0 radical (unpaired) electrons. The average Bonchev–Trinajstić information content (AvgIpc) is 2.68. The van der Waals surface area contributed by atoms with E-state index >= 15 is 0 Å². The monoisotopic (exact) mass is 243 g/mol. The summed E-state index contributed by atoms with van der Waals surface area (Å²) >= 11 is 1.88. The normalized spacial score (nSPS) is 44.8. The van der Waals surface area contributed by atoms with E-state index in [1.54, 1.807) is 0 Å². The van der Waals surface area contributed by atoms with E-state index in [1.807, 2.05) is 11.8 Å². The Balaban J connectivity index is 1.80. The van der Waals surface area contributed by atoms with Gasteiger partial charge in [-0.15, -0.1) is 0 Å². The van der Waals surface area contributed by atoms with Gasteiger partial charge in [-0.05, 0) is 30.4 Å². The van der Waals surface area contributed by atoms with Crippen molar-refractivity contribution in [2.24, 2.45) is 11.8 Å². The van der Waals surface area contributed by atoms with E-state index in [4.69, 9.17) is 0 Å². The maximum Gasteiger partial charge on any atom is 0.0869 e. The van der Waals surface area contributed by atoms with E-state index in [1.165, 1.54) is 19.3 Å². The van der Waals surface area contributed by atoms with E-state index in [-0.39, 0.29) is 0 Å². The third-order valence-electron chi connectivity index (χ3n) is 4.48. The highest BCUT2D eigenvalue weighted by Gasteiger charge is 2.34. The summed E-state index contributed by atoms with van der Waals surface area (Å²) in [6.07, 6.45) is 4.96. The lowest BCUT2D eigenvalue weighted by Gasteiger charge is -2.36. The Morgan fingerprint density at radius 3 is 2.88 bits per heavy atom. The predicted molar refractivity (Wildman–Crippen MR) is 70.9 cm³/mol. The van der Waals surface area contributed by atoms with Gasteiger partial charge in [0, 0.05) is 18.3 Å². The fraction of sp³-hybridized carbons (Fsp3) is 1.00. The van der Waals surface area contributed by atoms with E-state index < -0.39 is 5.60 Å². The largest absolute Gasteiger partial charge is 0.388 e. The summed E-state index contributed by atoms with van der Waals surface area (Å²) in [5, 5.41) is 13.9. The molecule has 4 atom stereocenters. The number of thioether (sulfide) groups is 1. The molecular weight excluding hydrogens is 218 g/mol. The Hall–Kier alpha value is 0.270. The van der Waals surface area contributed by atoms with Gasteiger partial charge in [0.1, 0.15) is 0 Å². The number of rotatable bonds is 3.